The normalized spacial score (nSPS) is 14.1. The lowest BCUT2D eigenvalue weighted by Crippen LogP contribution is -2.51. The minimum Gasteiger partial charge on any atom is -0.460 e. The van der Waals surface area contributed by atoms with E-state index in [1.54, 1.807) is 0 Å². The molecule has 0 bridgehead atoms. The van der Waals surface area contributed by atoms with Gasteiger partial charge in [0.2, 0.25) is 0 Å². The van der Waals surface area contributed by atoms with Crippen molar-refractivity contribution in [2.24, 2.45) is 5.41 Å². The summed E-state index contributed by atoms with van der Waals surface area (Å²) in [4.78, 5) is 26.2. The Bertz CT molecular complexity index is 1130. The highest BCUT2D eigenvalue weighted by Crippen LogP contribution is 2.53. The van der Waals surface area contributed by atoms with Crippen LogP contribution in [0, 0.1) is 5.41 Å². The maximum atomic E-state index is 14.1. The van der Waals surface area contributed by atoms with Gasteiger partial charge < -0.3 is 19.5 Å². The SMILES string of the molecule is COC(=O)NC[C@@](COC(C)C)(C(=O)OCc1ccccc1)C1c2ccccc2-c2ccccc21. The highest BCUT2D eigenvalue weighted by atomic mass is 16.5. The lowest BCUT2D eigenvalue weighted by atomic mass is 9.70. The molecule has 0 aromatic heterocycles. The van der Waals surface area contributed by atoms with Gasteiger partial charge in [-0.3, -0.25) is 4.79 Å². The van der Waals surface area contributed by atoms with Crippen molar-refractivity contribution in [1.82, 2.24) is 5.32 Å². The first-order valence-electron chi connectivity index (χ1n) is 11.8. The van der Waals surface area contributed by atoms with Crippen molar-refractivity contribution < 1.29 is 23.8 Å². The minimum absolute atomic E-state index is 0.00660. The number of ether oxygens (including phenoxy) is 3. The molecule has 1 amide bonds. The number of benzene rings is 3. The van der Waals surface area contributed by atoms with Crippen molar-refractivity contribution in [2.45, 2.75) is 32.5 Å². The van der Waals surface area contributed by atoms with E-state index in [1.165, 1.54) is 7.11 Å². The van der Waals surface area contributed by atoms with Crippen molar-refractivity contribution in [3.63, 3.8) is 0 Å². The fourth-order valence-corrected chi connectivity index (χ4v) is 4.72. The van der Waals surface area contributed by atoms with E-state index >= 15 is 0 Å². The summed E-state index contributed by atoms with van der Waals surface area (Å²) < 4.78 is 16.9. The third-order valence-corrected chi connectivity index (χ3v) is 6.41. The van der Waals surface area contributed by atoms with E-state index in [-0.39, 0.29) is 31.8 Å². The van der Waals surface area contributed by atoms with E-state index in [0.717, 1.165) is 27.8 Å². The molecule has 6 nitrogen and oxygen atoms in total. The summed E-state index contributed by atoms with van der Waals surface area (Å²) >= 11 is 0. The predicted molar refractivity (Wildman–Crippen MR) is 134 cm³/mol. The molecule has 0 radical (unpaired) electrons. The van der Waals surface area contributed by atoms with Crippen LogP contribution in [0.25, 0.3) is 11.1 Å². The van der Waals surface area contributed by atoms with Gasteiger partial charge in [-0.2, -0.15) is 0 Å². The van der Waals surface area contributed by atoms with Crippen molar-refractivity contribution in [3.05, 3.63) is 95.6 Å². The standard InChI is InChI=1S/C29H31NO5/c1-20(2)35-19-29(18-30-28(32)33-3,27(31)34-17-21-11-5-4-6-12-21)26-24-15-9-7-13-22(24)23-14-8-10-16-25(23)26/h4-16,20,26H,17-19H2,1-3H3,(H,30,32)/t29-/m0/s1. The van der Waals surface area contributed by atoms with Gasteiger partial charge in [-0.1, -0.05) is 78.9 Å². The quantitative estimate of drug-likeness (QED) is 0.427. The second-order valence-electron chi connectivity index (χ2n) is 9.03. The Kier molecular flexibility index (Phi) is 7.51. The van der Waals surface area contributed by atoms with E-state index in [4.69, 9.17) is 14.2 Å². The molecule has 4 rings (SSSR count). The van der Waals surface area contributed by atoms with Gasteiger partial charge in [-0.25, -0.2) is 4.79 Å². The molecule has 1 aliphatic rings. The first kappa shape index (κ1) is 24.5. The molecule has 0 fully saturated rings. The molecule has 3 aromatic carbocycles. The second-order valence-corrected chi connectivity index (χ2v) is 9.03. The third kappa shape index (κ3) is 5.08. The Labute approximate surface area is 206 Å². The number of hydrogen-bond acceptors (Lipinski definition) is 5. The van der Waals surface area contributed by atoms with Gasteiger partial charge in [-0.05, 0) is 41.7 Å². The van der Waals surface area contributed by atoms with E-state index in [9.17, 15) is 9.59 Å². The summed E-state index contributed by atoms with van der Waals surface area (Å²) in [6.45, 7) is 4.02. The molecule has 0 aliphatic heterocycles. The van der Waals surface area contributed by atoms with E-state index < -0.39 is 17.5 Å². The van der Waals surface area contributed by atoms with Crippen LogP contribution in [0.15, 0.2) is 78.9 Å². The van der Waals surface area contributed by atoms with Gasteiger partial charge in [0.15, 0.2) is 0 Å². The van der Waals surface area contributed by atoms with Crippen LogP contribution in [0.5, 0.6) is 0 Å². The summed E-state index contributed by atoms with van der Waals surface area (Å²) in [6.07, 6.45) is -0.740. The molecule has 0 heterocycles. The zero-order chi connectivity index (χ0) is 24.8. The molecular formula is C29H31NO5. The molecule has 0 spiro atoms. The number of fused-ring (bicyclic) bond motifs is 3. The number of amides is 1. The topological polar surface area (TPSA) is 73.9 Å². The van der Waals surface area contributed by atoms with Crippen molar-refractivity contribution in [1.29, 1.82) is 0 Å². The molecule has 1 N–H and O–H groups in total. The van der Waals surface area contributed by atoms with Crippen molar-refractivity contribution in [3.8, 4) is 11.1 Å². The summed E-state index contributed by atoms with van der Waals surface area (Å²) in [5.74, 6) is -0.816. The smallest absolute Gasteiger partial charge is 0.406 e. The van der Waals surface area contributed by atoms with E-state index in [2.05, 4.69) is 17.4 Å². The number of hydrogen-bond donors (Lipinski definition) is 1. The van der Waals surface area contributed by atoms with Gasteiger partial charge in [0, 0.05) is 12.5 Å². The van der Waals surface area contributed by atoms with Crippen LogP contribution in [-0.4, -0.2) is 38.4 Å². The highest BCUT2D eigenvalue weighted by molar-refractivity contribution is 5.87. The fraction of sp³-hybridized carbons (Fsp3) is 0.310. The third-order valence-electron chi connectivity index (χ3n) is 6.41. The van der Waals surface area contributed by atoms with Gasteiger partial charge in [0.1, 0.15) is 12.0 Å². The first-order chi connectivity index (χ1) is 17.0. The molecule has 182 valence electrons. The Morgan fingerprint density at radius 1 is 0.886 bits per heavy atom. The molecule has 0 unspecified atom stereocenters. The number of carbonyl (C=O) groups is 2. The molecule has 35 heavy (non-hydrogen) atoms. The van der Waals surface area contributed by atoms with Gasteiger partial charge in [0.25, 0.3) is 0 Å². The Balaban J connectivity index is 1.81. The van der Waals surface area contributed by atoms with Gasteiger partial charge in [-0.15, -0.1) is 0 Å². The zero-order valence-electron chi connectivity index (χ0n) is 20.3. The average molecular weight is 474 g/mol. The Hall–Kier alpha value is -3.64. The van der Waals surface area contributed by atoms with Crippen LogP contribution >= 0.6 is 0 Å². The number of esters is 1. The number of carbonyl (C=O) groups excluding carboxylic acids is 2. The minimum atomic E-state index is -1.23. The first-order valence-corrected chi connectivity index (χ1v) is 11.8. The maximum absolute atomic E-state index is 14.1. The van der Waals surface area contributed by atoms with Crippen molar-refractivity contribution >= 4 is 12.1 Å². The van der Waals surface area contributed by atoms with Crippen LogP contribution in [0.3, 0.4) is 0 Å². The molecule has 0 saturated carbocycles. The monoisotopic (exact) mass is 473 g/mol. The number of alkyl carbamates (subject to hydrolysis) is 1. The predicted octanol–water partition coefficient (Wildman–Crippen LogP) is 5.31. The zero-order valence-corrected chi connectivity index (χ0v) is 20.3. The average Bonchev–Trinajstić information content (AvgIpc) is 3.23. The lowest BCUT2D eigenvalue weighted by molar-refractivity contribution is -0.163. The molecule has 6 heteroatoms. The maximum Gasteiger partial charge on any atom is 0.406 e. The van der Waals surface area contributed by atoms with Crippen LogP contribution in [0.4, 0.5) is 4.79 Å². The van der Waals surface area contributed by atoms with Gasteiger partial charge >= 0.3 is 12.1 Å². The van der Waals surface area contributed by atoms with E-state index in [1.807, 2.05) is 80.6 Å². The number of nitrogens with one attached hydrogen (secondary N) is 1. The summed E-state index contributed by atoms with van der Waals surface area (Å²) in [7, 11) is 1.30. The molecule has 3 aromatic rings. The highest BCUT2D eigenvalue weighted by Gasteiger charge is 2.52. The van der Waals surface area contributed by atoms with Crippen LogP contribution in [-0.2, 0) is 25.6 Å². The van der Waals surface area contributed by atoms with Crippen LogP contribution < -0.4 is 5.32 Å². The number of methoxy groups -OCH3 is 1. The largest absolute Gasteiger partial charge is 0.460 e. The lowest BCUT2D eigenvalue weighted by Gasteiger charge is -2.38. The Morgan fingerprint density at radius 3 is 2.03 bits per heavy atom. The second kappa shape index (κ2) is 10.7. The van der Waals surface area contributed by atoms with Crippen molar-refractivity contribution in [2.75, 3.05) is 20.3 Å². The van der Waals surface area contributed by atoms with Crippen LogP contribution in [0.2, 0.25) is 0 Å². The summed E-state index contributed by atoms with van der Waals surface area (Å²) in [5, 5.41) is 2.77. The molecule has 1 atom stereocenters. The fourth-order valence-electron chi connectivity index (χ4n) is 4.72. The Morgan fingerprint density at radius 2 is 1.46 bits per heavy atom. The summed E-state index contributed by atoms with van der Waals surface area (Å²) in [6, 6.07) is 25.6. The summed E-state index contributed by atoms with van der Waals surface area (Å²) in [5.41, 5.74) is 3.80. The number of rotatable bonds is 9. The van der Waals surface area contributed by atoms with Crippen LogP contribution in [0.1, 0.15) is 36.5 Å². The molecular weight excluding hydrogens is 442 g/mol. The van der Waals surface area contributed by atoms with E-state index in [0.29, 0.717) is 0 Å². The molecule has 0 saturated heterocycles. The molecule has 1 aliphatic carbocycles. The van der Waals surface area contributed by atoms with Gasteiger partial charge in [0.05, 0.1) is 19.8 Å².